The molecular formula is C11H8ClN5O4. The summed E-state index contributed by atoms with van der Waals surface area (Å²) < 4.78 is 0. The lowest BCUT2D eigenvalue weighted by molar-refractivity contribution is -0.384. The first-order valence-corrected chi connectivity index (χ1v) is 5.99. The molecule has 0 unspecified atom stereocenters. The summed E-state index contributed by atoms with van der Waals surface area (Å²) in [5.41, 5.74) is 0.362. The number of anilines is 1. The molecule has 21 heavy (non-hydrogen) atoms. The van der Waals surface area contributed by atoms with Gasteiger partial charge in [0.2, 0.25) is 11.1 Å². The number of aromatic nitrogens is 2. The topological polar surface area (TPSA) is 124 Å². The van der Waals surface area contributed by atoms with Crippen LogP contribution in [0, 0.1) is 20.2 Å². The van der Waals surface area contributed by atoms with Crippen LogP contribution in [0.1, 0.15) is 5.56 Å². The van der Waals surface area contributed by atoms with Gasteiger partial charge >= 0.3 is 5.69 Å². The van der Waals surface area contributed by atoms with Crippen LogP contribution in [0.2, 0.25) is 5.28 Å². The lowest BCUT2D eigenvalue weighted by Crippen LogP contribution is -2.05. The highest BCUT2D eigenvalue weighted by Crippen LogP contribution is 2.22. The zero-order valence-corrected chi connectivity index (χ0v) is 11.1. The molecule has 0 spiro atoms. The third-order valence-electron chi connectivity index (χ3n) is 2.54. The van der Waals surface area contributed by atoms with E-state index in [2.05, 4.69) is 15.3 Å². The number of nitrogens with zero attached hydrogens (tertiary/aromatic N) is 4. The van der Waals surface area contributed by atoms with Gasteiger partial charge in [0, 0.05) is 18.7 Å². The molecule has 108 valence electrons. The molecule has 0 saturated heterocycles. The molecule has 0 bridgehead atoms. The van der Waals surface area contributed by atoms with Crippen LogP contribution in [0.15, 0.2) is 30.5 Å². The van der Waals surface area contributed by atoms with Crippen LogP contribution in [0.3, 0.4) is 0 Å². The van der Waals surface area contributed by atoms with Gasteiger partial charge in [0.1, 0.15) is 6.20 Å². The minimum Gasteiger partial charge on any atom is -0.360 e. The number of nitrogens with one attached hydrogen (secondary N) is 1. The molecule has 10 heteroatoms. The third-order valence-corrected chi connectivity index (χ3v) is 2.73. The van der Waals surface area contributed by atoms with Crippen LogP contribution < -0.4 is 5.32 Å². The first kappa shape index (κ1) is 14.6. The second-order valence-electron chi connectivity index (χ2n) is 3.91. The van der Waals surface area contributed by atoms with E-state index in [0.29, 0.717) is 5.56 Å². The average molecular weight is 310 g/mol. The van der Waals surface area contributed by atoms with Crippen LogP contribution in [0.5, 0.6) is 0 Å². The monoisotopic (exact) mass is 309 g/mol. The lowest BCUT2D eigenvalue weighted by atomic mass is 10.2. The molecule has 0 amide bonds. The van der Waals surface area contributed by atoms with Gasteiger partial charge in [0.15, 0.2) is 0 Å². The van der Waals surface area contributed by atoms with Gasteiger partial charge in [0.05, 0.1) is 9.85 Å². The highest BCUT2D eigenvalue weighted by molar-refractivity contribution is 6.28. The van der Waals surface area contributed by atoms with E-state index in [1.54, 1.807) is 12.1 Å². The van der Waals surface area contributed by atoms with E-state index in [1.165, 1.54) is 12.1 Å². The molecule has 1 aromatic heterocycles. The number of benzene rings is 1. The van der Waals surface area contributed by atoms with Crippen molar-refractivity contribution in [1.29, 1.82) is 0 Å². The lowest BCUT2D eigenvalue weighted by Gasteiger charge is -2.06. The molecule has 2 rings (SSSR count). The van der Waals surface area contributed by atoms with Gasteiger partial charge in [-0.1, -0.05) is 12.1 Å². The molecule has 0 atom stereocenters. The second-order valence-corrected chi connectivity index (χ2v) is 4.25. The maximum atomic E-state index is 10.8. The highest BCUT2D eigenvalue weighted by Gasteiger charge is 2.16. The molecule has 0 radical (unpaired) electrons. The van der Waals surface area contributed by atoms with Crippen molar-refractivity contribution >= 4 is 28.8 Å². The Morgan fingerprint density at radius 1 is 1.14 bits per heavy atom. The van der Waals surface area contributed by atoms with Gasteiger partial charge in [-0.05, 0) is 17.2 Å². The quantitative estimate of drug-likeness (QED) is 0.511. The standard InChI is InChI=1S/C11H8ClN5O4/c12-11-14-6-9(17(20)21)10(15-11)13-5-7-1-3-8(4-2-7)16(18)19/h1-4,6H,5H2,(H,13,14,15). The van der Waals surface area contributed by atoms with Crippen molar-refractivity contribution in [3.05, 3.63) is 61.5 Å². The summed E-state index contributed by atoms with van der Waals surface area (Å²) in [5, 5.41) is 24.0. The van der Waals surface area contributed by atoms with E-state index in [9.17, 15) is 20.2 Å². The summed E-state index contributed by atoms with van der Waals surface area (Å²) >= 11 is 5.60. The summed E-state index contributed by atoms with van der Waals surface area (Å²) in [6.07, 6.45) is 1.01. The maximum absolute atomic E-state index is 10.8. The Bertz CT molecular complexity index is 692. The van der Waals surface area contributed by atoms with E-state index in [-0.39, 0.29) is 29.0 Å². The van der Waals surface area contributed by atoms with Crippen LogP contribution in [0.4, 0.5) is 17.2 Å². The minimum absolute atomic E-state index is 0.0154. The first-order chi connectivity index (χ1) is 9.97. The van der Waals surface area contributed by atoms with Gasteiger partial charge in [-0.2, -0.15) is 4.98 Å². The van der Waals surface area contributed by atoms with Crippen molar-refractivity contribution in [2.75, 3.05) is 5.32 Å². The molecule has 1 N–H and O–H groups in total. The predicted octanol–water partition coefficient (Wildman–Crippen LogP) is 2.56. The Labute approximate surface area is 122 Å². The Balaban J connectivity index is 2.14. The molecule has 9 nitrogen and oxygen atoms in total. The molecule has 0 aliphatic heterocycles. The minimum atomic E-state index is -0.630. The van der Waals surface area contributed by atoms with E-state index in [4.69, 9.17) is 11.6 Å². The Kier molecular flexibility index (Phi) is 4.24. The van der Waals surface area contributed by atoms with Crippen molar-refractivity contribution in [2.24, 2.45) is 0 Å². The van der Waals surface area contributed by atoms with Gasteiger partial charge in [-0.3, -0.25) is 20.2 Å². The molecular weight excluding hydrogens is 302 g/mol. The molecule has 0 fully saturated rings. The summed E-state index contributed by atoms with van der Waals surface area (Å²) in [6, 6.07) is 5.77. The fourth-order valence-corrected chi connectivity index (χ4v) is 1.67. The number of nitro groups is 2. The molecule has 0 saturated carbocycles. The maximum Gasteiger partial charge on any atom is 0.329 e. The van der Waals surface area contributed by atoms with Crippen molar-refractivity contribution in [3.63, 3.8) is 0 Å². The van der Waals surface area contributed by atoms with Gasteiger partial charge in [-0.25, -0.2) is 4.98 Å². The van der Waals surface area contributed by atoms with Crippen molar-refractivity contribution in [1.82, 2.24) is 9.97 Å². The zero-order chi connectivity index (χ0) is 15.4. The normalized spacial score (nSPS) is 10.1. The Morgan fingerprint density at radius 3 is 2.38 bits per heavy atom. The van der Waals surface area contributed by atoms with Gasteiger partial charge in [0.25, 0.3) is 5.69 Å². The van der Waals surface area contributed by atoms with E-state index < -0.39 is 9.85 Å². The van der Waals surface area contributed by atoms with E-state index >= 15 is 0 Å². The molecule has 0 aliphatic rings. The Hall–Kier alpha value is -2.81. The average Bonchev–Trinajstić information content (AvgIpc) is 2.45. The summed E-state index contributed by atoms with van der Waals surface area (Å²) in [7, 11) is 0. The van der Waals surface area contributed by atoms with E-state index in [1.807, 2.05) is 0 Å². The van der Waals surface area contributed by atoms with Crippen LogP contribution in [-0.4, -0.2) is 19.8 Å². The van der Waals surface area contributed by atoms with Crippen LogP contribution in [0.25, 0.3) is 0 Å². The van der Waals surface area contributed by atoms with Crippen LogP contribution in [-0.2, 0) is 6.54 Å². The number of hydrogen-bond acceptors (Lipinski definition) is 7. The molecule has 1 heterocycles. The van der Waals surface area contributed by atoms with Crippen molar-refractivity contribution in [2.45, 2.75) is 6.54 Å². The second kappa shape index (κ2) is 6.09. The number of hydrogen-bond donors (Lipinski definition) is 1. The highest BCUT2D eigenvalue weighted by atomic mass is 35.5. The summed E-state index contributed by atoms with van der Waals surface area (Å²) in [5.74, 6) is -0.0154. The van der Waals surface area contributed by atoms with Gasteiger partial charge < -0.3 is 5.32 Å². The number of non-ortho nitro benzene ring substituents is 1. The Morgan fingerprint density at radius 2 is 1.81 bits per heavy atom. The number of halogens is 1. The fraction of sp³-hybridized carbons (Fsp3) is 0.0909. The van der Waals surface area contributed by atoms with Crippen LogP contribution >= 0.6 is 11.6 Å². The number of rotatable bonds is 5. The first-order valence-electron chi connectivity index (χ1n) is 5.61. The molecule has 0 aliphatic carbocycles. The largest absolute Gasteiger partial charge is 0.360 e. The fourth-order valence-electron chi connectivity index (χ4n) is 1.54. The molecule has 2 aromatic rings. The molecule has 1 aromatic carbocycles. The summed E-state index contributed by atoms with van der Waals surface area (Å²) in [4.78, 5) is 27.5. The number of nitro benzene ring substituents is 1. The SMILES string of the molecule is O=[N+]([O-])c1ccc(CNc2nc(Cl)ncc2[N+](=O)[O-])cc1. The predicted molar refractivity (Wildman–Crippen MR) is 74.1 cm³/mol. The third kappa shape index (κ3) is 3.60. The van der Waals surface area contributed by atoms with E-state index in [0.717, 1.165) is 6.20 Å². The summed E-state index contributed by atoms with van der Waals surface area (Å²) in [6.45, 7) is 0.201. The van der Waals surface area contributed by atoms with Gasteiger partial charge in [-0.15, -0.1) is 0 Å². The smallest absolute Gasteiger partial charge is 0.329 e. The van der Waals surface area contributed by atoms with Crippen molar-refractivity contribution < 1.29 is 9.85 Å². The zero-order valence-electron chi connectivity index (χ0n) is 10.4. The van der Waals surface area contributed by atoms with Crippen molar-refractivity contribution in [3.8, 4) is 0 Å².